The normalized spacial score (nSPS) is 9.29. The van der Waals surface area contributed by atoms with E-state index in [0.29, 0.717) is 0 Å². The van der Waals surface area contributed by atoms with Gasteiger partial charge >= 0.3 is 54.7 Å². The van der Waals surface area contributed by atoms with Gasteiger partial charge in [0.2, 0.25) is 0 Å². The molecule has 0 heterocycles. The molecule has 0 bridgehead atoms. The van der Waals surface area contributed by atoms with Gasteiger partial charge in [-0.05, 0) is 0 Å². The van der Waals surface area contributed by atoms with Crippen LogP contribution in [0.5, 0.6) is 0 Å². The molecule has 0 aromatic heterocycles. The molecular weight excluding hydrogens is 141 g/mol. The second kappa shape index (κ2) is 6.81. The number of hydrogen-bond donors (Lipinski definition) is 1. The standard InChI is InChI=1S/C4H9.HNP.Ti/c1-3-4-2;1-2;/h1,3-4H2,2H3;1H;/q;-1;+1. The SMILES string of the molecule is CCC[CH2][Ti][P]=N. The molecule has 0 unspecified atom stereocenters. The molecule has 0 atom stereocenters. The van der Waals surface area contributed by atoms with E-state index in [1.54, 1.807) is 0 Å². The van der Waals surface area contributed by atoms with Crippen LogP contribution >= 0.6 is 6.36 Å². The zero-order chi connectivity index (χ0) is 5.54. The molecule has 0 amide bonds. The zero-order valence-corrected chi connectivity index (χ0v) is 7.02. The predicted octanol–water partition coefficient (Wildman–Crippen LogP) is 2.91. The Balaban J connectivity index is 2.56. The van der Waals surface area contributed by atoms with E-state index in [9.17, 15) is 0 Å². The first-order valence-electron chi connectivity index (χ1n) is 2.51. The van der Waals surface area contributed by atoms with E-state index >= 15 is 0 Å². The van der Waals surface area contributed by atoms with Crippen molar-refractivity contribution in [3.63, 3.8) is 0 Å². The first-order chi connectivity index (χ1) is 3.41. The van der Waals surface area contributed by atoms with E-state index in [-0.39, 0.29) is 18.6 Å². The summed E-state index contributed by atoms with van der Waals surface area (Å²) in [6.07, 6.45) is 3.59. The number of hydrogen-bond acceptors (Lipinski definition) is 1. The summed E-state index contributed by atoms with van der Waals surface area (Å²) >= 11 is 0.151. The van der Waals surface area contributed by atoms with Gasteiger partial charge in [-0.1, -0.05) is 0 Å². The van der Waals surface area contributed by atoms with E-state index in [1.807, 2.05) is 0 Å². The molecular formula is C4H10NPTi. The van der Waals surface area contributed by atoms with Crippen LogP contribution in [0.1, 0.15) is 19.8 Å². The van der Waals surface area contributed by atoms with Gasteiger partial charge in [-0.15, -0.1) is 0 Å². The fourth-order valence-electron chi connectivity index (χ4n) is 0.312. The summed E-state index contributed by atoms with van der Waals surface area (Å²) in [5, 5.41) is 6.81. The Labute approximate surface area is 54.9 Å². The Morgan fingerprint density at radius 2 is 2.43 bits per heavy atom. The average Bonchev–Trinajstić information content (AvgIpc) is 1.69. The molecule has 0 spiro atoms. The van der Waals surface area contributed by atoms with Gasteiger partial charge in [0.05, 0.1) is 0 Å². The molecule has 0 radical (unpaired) electrons. The third-order valence-corrected chi connectivity index (χ3v) is 3.44. The second-order valence-corrected chi connectivity index (χ2v) is 5.22. The molecule has 1 nitrogen and oxygen atoms in total. The molecule has 0 aromatic rings. The Morgan fingerprint density at radius 1 is 1.71 bits per heavy atom. The Bertz CT molecular complexity index is 49.0. The quantitative estimate of drug-likeness (QED) is 0.362. The van der Waals surface area contributed by atoms with Gasteiger partial charge in [0.25, 0.3) is 0 Å². The van der Waals surface area contributed by atoms with Crippen molar-refractivity contribution in [1.29, 1.82) is 5.16 Å². The van der Waals surface area contributed by atoms with Crippen molar-refractivity contribution < 1.29 is 18.6 Å². The molecule has 0 aromatic carbocycles. The van der Waals surface area contributed by atoms with Crippen molar-refractivity contribution in [2.24, 2.45) is 0 Å². The molecule has 0 fully saturated rings. The van der Waals surface area contributed by atoms with Crippen LogP contribution in [-0.2, 0) is 18.6 Å². The minimum atomic E-state index is 0.151. The number of nitrogens with one attached hydrogen (secondary N) is 1. The first kappa shape index (κ1) is 7.81. The van der Waals surface area contributed by atoms with Gasteiger partial charge in [-0.3, -0.25) is 0 Å². The third kappa shape index (κ3) is 6.81. The van der Waals surface area contributed by atoms with Crippen LogP contribution in [0.4, 0.5) is 0 Å². The molecule has 0 aliphatic carbocycles. The molecule has 40 valence electrons. The van der Waals surface area contributed by atoms with Crippen molar-refractivity contribution in [2.45, 2.75) is 24.5 Å². The summed E-state index contributed by atoms with van der Waals surface area (Å²) in [6.45, 7) is 2.20. The fraction of sp³-hybridized carbons (Fsp3) is 1.00. The van der Waals surface area contributed by atoms with Crippen LogP contribution in [-0.4, -0.2) is 0 Å². The molecule has 0 saturated heterocycles. The number of unbranched alkanes of at least 4 members (excludes halogenated alkanes) is 1. The molecule has 1 N–H and O–H groups in total. The van der Waals surface area contributed by atoms with Gasteiger partial charge in [0, 0.05) is 0 Å². The van der Waals surface area contributed by atoms with Crippen LogP contribution in [0.15, 0.2) is 0 Å². The summed E-state index contributed by atoms with van der Waals surface area (Å²) in [6, 6.07) is 0. The van der Waals surface area contributed by atoms with Crippen molar-refractivity contribution in [3.05, 3.63) is 0 Å². The third-order valence-electron chi connectivity index (χ3n) is 0.721. The predicted molar refractivity (Wildman–Crippen MR) is 29.4 cm³/mol. The minimum absolute atomic E-state index is 0.151. The summed E-state index contributed by atoms with van der Waals surface area (Å²) in [7, 11) is 0. The van der Waals surface area contributed by atoms with Crippen LogP contribution in [0.25, 0.3) is 0 Å². The molecule has 0 aliphatic rings. The monoisotopic (exact) mass is 151 g/mol. The topological polar surface area (TPSA) is 23.9 Å². The summed E-state index contributed by atoms with van der Waals surface area (Å²) < 4.78 is 1.36. The van der Waals surface area contributed by atoms with Crippen LogP contribution in [0.2, 0.25) is 4.73 Å². The van der Waals surface area contributed by atoms with Crippen LogP contribution in [0, 0.1) is 5.16 Å². The van der Waals surface area contributed by atoms with Crippen molar-refractivity contribution >= 4 is 6.36 Å². The van der Waals surface area contributed by atoms with Gasteiger partial charge in [0.1, 0.15) is 0 Å². The maximum absolute atomic E-state index is 6.81. The molecule has 0 rings (SSSR count). The molecule has 7 heavy (non-hydrogen) atoms. The van der Waals surface area contributed by atoms with Crippen LogP contribution < -0.4 is 0 Å². The Morgan fingerprint density at radius 3 is 2.86 bits per heavy atom. The van der Waals surface area contributed by atoms with Crippen molar-refractivity contribution in [2.75, 3.05) is 0 Å². The van der Waals surface area contributed by atoms with Gasteiger partial charge in [-0.25, -0.2) is 0 Å². The van der Waals surface area contributed by atoms with Crippen molar-refractivity contribution in [3.8, 4) is 0 Å². The molecule has 0 saturated carbocycles. The fourth-order valence-corrected chi connectivity index (χ4v) is 2.40. The Kier molecular flexibility index (Phi) is 7.61. The van der Waals surface area contributed by atoms with Crippen LogP contribution in [0.3, 0.4) is 0 Å². The molecule has 3 heteroatoms. The van der Waals surface area contributed by atoms with E-state index in [4.69, 9.17) is 5.16 Å². The van der Waals surface area contributed by atoms with E-state index in [2.05, 4.69) is 6.92 Å². The van der Waals surface area contributed by atoms with Crippen molar-refractivity contribution in [1.82, 2.24) is 0 Å². The zero-order valence-electron chi connectivity index (χ0n) is 4.57. The average molecular weight is 151 g/mol. The first-order valence-corrected chi connectivity index (χ1v) is 6.60. The van der Waals surface area contributed by atoms with E-state index in [1.165, 1.54) is 17.6 Å². The van der Waals surface area contributed by atoms with Gasteiger partial charge in [0.15, 0.2) is 0 Å². The Hall–Kier alpha value is 0.814. The molecule has 0 aliphatic heterocycles. The summed E-state index contributed by atoms with van der Waals surface area (Å²) in [5.74, 6) is 0. The summed E-state index contributed by atoms with van der Waals surface area (Å²) in [4.78, 5) is 0. The van der Waals surface area contributed by atoms with Gasteiger partial charge < -0.3 is 0 Å². The number of rotatable bonds is 4. The summed E-state index contributed by atoms with van der Waals surface area (Å²) in [5.41, 5.74) is 0. The maximum atomic E-state index is 6.81. The second-order valence-electron chi connectivity index (χ2n) is 1.37. The van der Waals surface area contributed by atoms with E-state index in [0.717, 1.165) is 6.36 Å². The van der Waals surface area contributed by atoms with E-state index < -0.39 is 0 Å². The van der Waals surface area contributed by atoms with Gasteiger partial charge in [-0.2, -0.15) is 0 Å².